The van der Waals surface area contributed by atoms with E-state index in [-0.39, 0.29) is 11.5 Å². The zero-order valence-corrected chi connectivity index (χ0v) is 15.3. The van der Waals surface area contributed by atoms with Gasteiger partial charge in [-0.3, -0.25) is 9.48 Å². The van der Waals surface area contributed by atoms with E-state index in [0.29, 0.717) is 24.3 Å². The smallest absolute Gasteiger partial charge is 0.319 e. The maximum Gasteiger partial charge on any atom is 0.319 e. The fraction of sp³-hybridized carbons (Fsp3) is 0.263. The molecule has 0 bridgehead atoms. The molecule has 3 rings (SSSR count). The average Bonchev–Trinajstić information content (AvgIpc) is 3.08. The minimum atomic E-state index is -0.245. The molecule has 140 valence electrons. The summed E-state index contributed by atoms with van der Waals surface area (Å²) >= 11 is 0. The molecule has 2 amide bonds. The van der Waals surface area contributed by atoms with Crippen LogP contribution in [-0.2, 0) is 13.5 Å². The topological polar surface area (TPSA) is 93.8 Å². The first-order valence-electron chi connectivity index (χ1n) is 8.77. The Bertz CT molecular complexity index is 992. The SMILES string of the molecule is CCCNC(=O)Nc1cccc(Cc2nn(-c3cnn(C)c3)ccc2=O)c1. The Hall–Kier alpha value is -3.42. The number of nitrogens with one attached hydrogen (secondary N) is 2. The van der Waals surface area contributed by atoms with Crippen molar-refractivity contribution in [1.29, 1.82) is 0 Å². The Morgan fingerprint density at radius 2 is 2.11 bits per heavy atom. The van der Waals surface area contributed by atoms with Gasteiger partial charge in [0.2, 0.25) is 5.43 Å². The number of hydrogen-bond acceptors (Lipinski definition) is 4. The van der Waals surface area contributed by atoms with Crippen molar-refractivity contribution in [2.24, 2.45) is 7.05 Å². The van der Waals surface area contributed by atoms with Gasteiger partial charge < -0.3 is 10.6 Å². The maximum absolute atomic E-state index is 12.2. The minimum Gasteiger partial charge on any atom is -0.338 e. The molecule has 0 aliphatic heterocycles. The highest BCUT2D eigenvalue weighted by Crippen LogP contribution is 2.13. The predicted octanol–water partition coefficient (Wildman–Crippen LogP) is 2.09. The molecular weight excluding hydrogens is 344 g/mol. The van der Waals surface area contributed by atoms with E-state index in [0.717, 1.165) is 17.7 Å². The summed E-state index contributed by atoms with van der Waals surface area (Å²) in [6.07, 6.45) is 6.36. The number of nitrogens with zero attached hydrogens (tertiary/aromatic N) is 4. The van der Waals surface area contributed by atoms with Gasteiger partial charge in [0, 0.05) is 38.0 Å². The van der Waals surface area contributed by atoms with Crippen molar-refractivity contribution in [1.82, 2.24) is 24.9 Å². The highest BCUT2D eigenvalue weighted by Gasteiger charge is 2.08. The van der Waals surface area contributed by atoms with Crippen LogP contribution < -0.4 is 16.1 Å². The third-order valence-corrected chi connectivity index (χ3v) is 3.93. The van der Waals surface area contributed by atoms with Crippen molar-refractivity contribution in [2.75, 3.05) is 11.9 Å². The van der Waals surface area contributed by atoms with Gasteiger partial charge in [-0.1, -0.05) is 19.1 Å². The van der Waals surface area contributed by atoms with Crippen LogP contribution in [0.3, 0.4) is 0 Å². The molecule has 0 saturated heterocycles. The van der Waals surface area contributed by atoms with E-state index in [2.05, 4.69) is 20.8 Å². The summed E-state index contributed by atoms with van der Waals surface area (Å²) in [7, 11) is 1.82. The Labute approximate surface area is 156 Å². The zero-order valence-electron chi connectivity index (χ0n) is 15.3. The fourth-order valence-corrected chi connectivity index (χ4v) is 2.61. The van der Waals surface area contributed by atoms with Gasteiger partial charge in [-0.05, 0) is 24.1 Å². The monoisotopic (exact) mass is 366 g/mol. The second kappa shape index (κ2) is 8.31. The van der Waals surface area contributed by atoms with Gasteiger partial charge in [0.1, 0.15) is 11.4 Å². The molecule has 8 heteroatoms. The van der Waals surface area contributed by atoms with E-state index in [4.69, 9.17) is 0 Å². The van der Waals surface area contributed by atoms with Crippen molar-refractivity contribution in [3.05, 3.63) is 70.4 Å². The van der Waals surface area contributed by atoms with Crippen LogP contribution in [0.15, 0.2) is 53.7 Å². The molecule has 0 unspecified atom stereocenters. The van der Waals surface area contributed by atoms with E-state index in [1.54, 1.807) is 27.8 Å². The normalized spacial score (nSPS) is 10.6. The van der Waals surface area contributed by atoms with Crippen molar-refractivity contribution in [2.45, 2.75) is 19.8 Å². The molecule has 2 aromatic heterocycles. The number of carbonyl (C=O) groups is 1. The van der Waals surface area contributed by atoms with E-state index in [1.165, 1.54) is 6.07 Å². The summed E-state index contributed by atoms with van der Waals surface area (Å²) in [5, 5.41) is 14.1. The Balaban J connectivity index is 1.78. The second-order valence-electron chi connectivity index (χ2n) is 6.20. The molecule has 0 spiro atoms. The maximum atomic E-state index is 12.2. The van der Waals surface area contributed by atoms with E-state index in [1.807, 2.05) is 38.4 Å². The number of benzene rings is 1. The van der Waals surface area contributed by atoms with Gasteiger partial charge in [-0.15, -0.1) is 0 Å². The molecule has 0 aliphatic carbocycles. The number of carbonyl (C=O) groups excluding carboxylic acids is 1. The lowest BCUT2D eigenvalue weighted by Crippen LogP contribution is -2.29. The number of aromatic nitrogens is 4. The van der Waals surface area contributed by atoms with Crippen LogP contribution in [0, 0.1) is 0 Å². The van der Waals surface area contributed by atoms with Gasteiger partial charge in [-0.2, -0.15) is 10.2 Å². The molecule has 0 radical (unpaired) electrons. The molecule has 0 aliphatic rings. The minimum absolute atomic E-state index is 0.130. The molecule has 3 aromatic rings. The van der Waals surface area contributed by atoms with Crippen LogP contribution in [0.25, 0.3) is 5.69 Å². The van der Waals surface area contributed by atoms with Gasteiger partial charge in [0.25, 0.3) is 0 Å². The first-order valence-corrected chi connectivity index (χ1v) is 8.77. The molecule has 0 atom stereocenters. The van der Waals surface area contributed by atoms with Crippen LogP contribution in [0.1, 0.15) is 24.6 Å². The van der Waals surface area contributed by atoms with Crippen molar-refractivity contribution < 1.29 is 4.79 Å². The summed E-state index contributed by atoms with van der Waals surface area (Å²) in [5.41, 5.74) is 2.63. The first kappa shape index (κ1) is 18.4. The quantitative estimate of drug-likeness (QED) is 0.698. The fourth-order valence-electron chi connectivity index (χ4n) is 2.61. The van der Waals surface area contributed by atoms with Gasteiger partial charge in [0.15, 0.2) is 0 Å². The summed E-state index contributed by atoms with van der Waals surface area (Å²) < 4.78 is 3.30. The summed E-state index contributed by atoms with van der Waals surface area (Å²) in [6.45, 7) is 2.61. The third-order valence-electron chi connectivity index (χ3n) is 3.93. The number of hydrogen-bond donors (Lipinski definition) is 2. The lowest BCUT2D eigenvalue weighted by molar-refractivity contribution is 0.252. The van der Waals surface area contributed by atoms with Gasteiger partial charge in [0.05, 0.1) is 12.4 Å². The second-order valence-corrected chi connectivity index (χ2v) is 6.20. The van der Waals surface area contributed by atoms with Gasteiger partial charge in [-0.25, -0.2) is 9.48 Å². The number of anilines is 1. The van der Waals surface area contributed by atoms with Crippen molar-refractivity contribution in [3.63, 3.8) is 0 Å². The standard InChI is InChI=1S/C19H22N6O2/c1-3-8-20-19(27)22-15-6-4-5-14(10-15)11-17-18(26)7-9-25(23-17)16-12-21-24(2)13-16/h4-7,9-10,12-13H,3,8,11H2,1-2H3,(H2,20,22,27). The molecule has 8 nitrogen and oxygen atoms in total. The van der Waals surface area contributed by atoms with E-state index < -0.39 is 0 Å². The molecule has 2 heterocycles. The molecule has 1 aromatic carbocycles. The molecule has 0 fully saturated rings. The Morgan fingerprint density at radius 1 is 1.26 bits per heavy atom. The number of rotatable bonds is 6. The van der Waals surface area contributed by atoms with Crippen LogP contribution in [-0.4, -0.2) is 32.1 Å². The van der Waals surface area contributed by atoms with E-state index in [9.17, 15) is 9.59 Å². The number of amides is 2. The molecular formula is C19H22N6O2. The number of aryl methyl sites for hydroxylation is 1. The highest BCUT2D eigenvalue weighted by atomic mass is 16.2. The summed E-state index contributed by atoms with van der Waals surface area (Å²) in [4.78, 5) is 24.0. The largest absolute Gasteiger partial charge is 0.338 e. The summed E-state index contributed by atoms with van der Waals surface area (Å²) in [6, 6.07) is 8.64. The molecule has 2 N–H and O–H groups in total. The van der Waals surface area contributed by atoms with E-state index >= 15 is 0 Å². The summed E-state index contributed by atoms with van der Waals surface area (Å²) in [5.74, 6) is 0. The van der Waals surface area contributed by atoms with Crippen LogP contribution in [0.2, 0.25) is 0 Å². The first-order chi connectivity index (χ1) is 13.0. The van der Waals surface area contributed by atoms with Crippen LogP contribution >= 0.6 is 0 Å². The third kappa shape index (κ3) is 4.81. The zero-order chi connectivity index (χ0) is 19.2. The molecule has 27 heavy (non-hydrogen) atoms. The van der Waals surface area contributed by atoms with Crippen LogP contribution in [0.5, 0.6) is 0 Å². The number of urea groups is 1. The van der Waals surface area contributed by atoms with Crippen molar-refractivity contribution in [3.8, 4) is 5.69 Å². The highest BCUT2D eigenvalue weighted by molar-refractivity contribution is 5.89. The average molecular weight is 366 g/mol. The Kier molecular flexibility index (Phi) is 5.65. The van der Waals surface area contributed by atoms with Crippen molar-refractivity contribution >= 4 is 11.7 Å². The lowest BCUT2D eigenvalue weighted by atomic mass is 10.1. The Morgan fingerprint density at radius 3 is 2.85 bits per heavy atom. The predicted molar refractivity (Wildman–Crippen MR) is 103 cm³/mol. The molecule has 0 saturated carbocycles. The van der Waals surface area contributed by atoms with Gasteiger partial charge >= 0.3 is 6.03 Å². The lowest BCUT2D eigenvalue weighted by Gasteiger charge is -2.09. The van der Waals surface area contributed by atoms with Crippen LogP contribution in [0.4, 0.5) is 10.5 Å².